The average Bonchev–Trinajstić information content (AvgIpc) is 3.43. The van der Waals surface area contributed by atoms with E-state index in [0.29, 0.717) is 0 Å². The first kappa shape index (κ1) is 65.4. The van der Waals surface area contributed by atoms with Crippen LogP contribution in [0.15, 0.2) is 20.1 Å². The van der Waals surface area contributed by atoms with Crippen LogP contribution in [0.3, 0.4) is 0 Å². The minimum absolute atomic E-state index is 0. The van der Waals surface area contributed by atoms with Crippen LogP contribution in [0.4, 0.5) is 114 Å². The number of halogens is 26. The van der Waals surface area contributed by atoms with Gasteiger partial charge in [0.2, 0.25) is 0 Å². The largest absolute Gasteiger partial charge is 0.762 e. The molecule has 2 heterocycles. The summed E-state index contributed by atoms with van der Waals surface area (Å²) in [5.41, 5.74) is -0.383. The summed E-state index contributed by atoms with van der Waals surface area (Å²) in [5.74, 6) is -64.4. The van der Waals surface area contributed by atoms with Gasteiger partial charge in [-0.3, -0.25) is 0 Å². The van der Waals surface area contributed by atoms with Crippen molar-refractivity contribution in [2.24, 2.45) is 5.41 Å². The van der Waals surface area contributed by atoms with Crippen LogP contribution in [0.25, 0.3) is 0 Å². The molecule has 0 fully saturated rings. The Morgan fingerprint density at radius 3 is 0.776 bits per heavy atom. The summed E-state index contributed by atoms with van der Waals surface area (Å²) < 4.78 is 342. The van der Waals surface area contributed by atoms with Crippen LogP contribution in [0, 0.1) is 15.0 Å². The molecular formula is C30H26F26N4NiS6-4. The minimum Gasteiger partial charge on any atom is -0.762 e. The summed E-state index contributed by atoms with van der Waals surface area (Å²) in [6, 6.07) is 0. The Morgan fingerprint density at radius 2 is 0.567 bits per heavy atom. The second-order valence-corrected chi connectivity index (χ2v) is 17.4. The maximum Gasteiger partial charge on any atom is 0.460 e. The summed E-state index contributed by atoms with van der Waals surface area (Å²) in [7, 11) is 0. The molecule has 67 heavy (non-hydrogen) atoms. The second-order valence-electron chi connectivity index (χ2n) is 15.1. The van der Waals surface area contributed by atoms with E-state index < -0.39 is 132 Å². The molecule has 0 bridgehead atoms. The van der Waals surface area contributed by atoms with E-state index in [1.165, 1.54) is 4.57 Å². The van der Waals surface area contributed by atoms with Crippen molar-refractivity contribution in [1.29, 1.82) is 0 Å². The van der Waals surface area contributed by atoms with E-state index in [1.54, 1.807) is 20.8 Å². The number of nitrogens with zero attached hydrogens (tertiary/aromatic N) is 4. The van der Waals surface area contributed by atoms with Crippen LogP contribution >= 0.6 is 24.4 Å². The molecule has 0 N–H and O–H groups in total. The zero-order valence-corrected chi connectivity index (χ0v) is 38.7. The first-order valence-corrected chi connectivity index (χ1v) is 19.3. The Morgan fingerprint density at radius 1 is 0.358 bits per heavy atom. The van der Waals surface area contributed by atoms with Crippen molar-refractivity contribution in [3.05, 3.63) is 9.54 Å². The van der Waals surface area contributed by atoms with Crippen LogP contribution in [-0.2, 0) is 93.2 Å². The molecule has 0 aliphatic carbocycles. The van der Waals surface area contributed by atoms with Gasteiger partial charge < -0.3 is 68.8 Å². The molecule has 0 aromatic carbocycles. The van der Waals surface area contributed by atoms with Gasteiger partial charge in [0.15, 0.2) is 9.54 Å². The number of aromatic nitrogens is 4. The molecule has 0 amide bonds. The van der Waals surface area contributed by atoms with Gasteiger partial charge in [0, 0.05) is 68.9 Å². The standard InChI is InChI=1S/C16H13F17N2S3.C14H17F9N2S3.Ni/c1-9(17,18)12(23,24)13(25,26)10(19,20)2-4-34-6(36)7(37)35(8(34)38)5-3-11(21,22)14(27,28)15(29,30)16(31,32)33;1-10(2,3)6-25-8(27)7(26)24(9(25)28)5-4-11(15,16)12(17,18)13(19,20)14(21,22)23;/h36-37H,2-5H2,1H3;26-27H,4-6H2,1-3H3;/p-4. The zero-order chi connectivity index (χ0) is 53.2. The van der Waals surface area contributed by atoms with E-state index in [0.717, 1.165) is 4.57 Å². The van der Waals surface area contributed by atoms with Gasteiger partial charge in [-0.1, -0.05) is 20.8 Å². The molecule has 0 unspecified atom stereocenters. The Hall–Kier alpha value is -1.59. The van der Waals surface area contributed by atoms with Gasteiger partial charge in [-0.25, -0.2) is 0 Å². The fraction of sp³-hybridized carbons (Fsp3) is 0.800. The molecular weight excluding hydrogens is 1160 g/mol. The molecule has 2 rings (SSSR count). The Kier molecular flexibility index (Phi) is 19.7. The van der Waals surface area contributed by atoms with E-state index >= 15 is 0 Å². The average molecular weight is 1190 g/mol. The predicted octanol–water partition coefficient (Wildman–Crippen LogP) is 13.4. The summed E-state index contributed by atoms with van der Waals surface area (Å²) in [6.45, 7) is 0.392. The van der Waals surface area contributed by atoms with Crippen molar-refractivity contribution in [3.63, 3.8) is 0 Å². The molecule has 0 spiro atoms. The van der Waals surface area contributed by atoms with Gasteiger partial charge in [-0.2, -0.15) is 114 Å². The van der Waals surface area contributed by atoms with Crippen LogP contribution in [0.1, 0.15) is 47.0 Å². The third-order valence-electron chi connectivity index (χ3n) is 8.68. The molecule has 2 aromatic heterocycles. The van der Waals surface area contributed by atoms with Gasteiger partial charge in [-0.05, 0) is 29.9 Å². The number of hydrogen-bond acceptors (Lipinski definition) is 6. The van der Waals surface area contributed by atoms with Crippen molar-refractivity contribution in [2.45, 2.75) is 165 Å². The zero-order valence-electron chi connectivity index (χ0n) is 32.8. The Balaban J connectivity index is 0.00000134. The smallest absolute Gasteiger partial charge is 0.460 e. The molecule has 0 saturated carbocycles. The topological polar surface area (TPSA) is 19.7 Å². The minimum atomic E-state index is -7.22. The number of rotatable bonds is 17. The molecule has 0 aliphatic rings. The van der Waals surface area contributed by atoms with E-state index in [2.05, 4.69) is 37.5 Å². The van der Waals surface area contributed by atoms with E-state index in [1.807, 2.05) is 0 Å². The van der Waals surface area contributed by atoms with E-state index in [-0.39, 0.29) is 52.4 Å². The van der Waals surface area contributed by atoms with Crippen molar-refractivity contribution in [2.75, 3.05) is 0 Å². The maximum atomic E-state index is 13.9. The monoisotopic (exact) mass is 1190 g/mol. The van der Waals surface area contributed by atoms with Crippen LogP contribution < -0.4 is 0 Å². The maximum absolute atomic E-state index is 13.9. The second kappa shape index (κ2) is 20.1. The van der Waals surface area contributed by atoms with E-state index in [4.69, 9.17) is 37.5 Å². The van der Waals surface area contributed by atoms with Crippen molar-refractivity contribution < 1.29 is 131 Å². The van der Waals surface area contributed by atoms with Gasteiger partial charge in [-0.15, -0.1) is 20.1 Å². The normalized spacial score (nSPS) is 14.8. The van der Waals surface area contributed by atoms with Gasteiger partial charge >= 0.3 is 71.6 Å². The Labute approximate surface area is 402 Å². The van der Waals surface area contributed by atoms with Crippen LogP contribution in [0.2, 0.25) is 0 Å². The van der Waals surface area contributed by atoms with Gasteiger partial charge in [0.05, 0.1) is 0 Å². The molecule has 4 nitrogen and oxygen atoms in total. The third kappa shape index (κ3) is 12.4. The number of hydrogen-bond donors (Lipinski definition) is 0. The number of imidazole rings is 2. The summed E-state index contributed by atoms with van der Waals surface area (Å²) >= 11 is 28.6. The first-order valence-electron chi connectivity index (χ1n) is 16.9. The molecule has 37 heteroatoms. The third-order valence-corrected chi connectivity index (χ3v) is 11.5. The van der Waals surface area contributed by atoms with E-state index in [9.17, 15) is 114 Å². The fourth-order valence-electron chi connectivity index (χ4n) is 4.85. The van der Waals surface area contributed by atoms with Crippen molar-refractivity contribution in [1.82, 2.24) is 18.3 Å². The van der Waals surface area contributed by atoms with Crippen LogP contribution in [-0.4, -0.2) is 89.8 Å². The summed E-state index contributed by atoms with van der Waals surface area (Å²) in [5, 5.41) is -2.24. The molecule has 0 aliphatic heterocycles. The quantitative estimate of drug-likeness (QED) is 0.0676. The summed E-state index contributed by atoms with van der Waals surface area (Å²) in [6.07, 6.45) is -20.9. The predicted molar refractivity (Wildman–Crippen MR) is 190 cm³/mol. The molecule has 0 atom stereocenters. The van der Waals surface area contributed by atoms with Gasteiger partial charge in [0.1, 0.15) is 0 Å². The van der Waals surface area contributed by atoms with Crippen molar-refractivity contribution >= 4 is 75.0 Å². The Bertz CT molecular complexity index is 2060. The van der Waals surface area contributed by atoms with Crippen molar-refractivity contribution in [3.8, 4) is 0 Å². The molecule has 0 radical (unpaired) electrons. The molecule has 398 valence electrons. The van der Waals surface area contributed by atoms with Crippen LogP contribution in [0.5, 0.6) is 0 Å². The molecule has 2 aromatic rings. The summed E-state index contributed by atoms with van der Waals surface area (Å²) in [4.78, 5) is 0. The first-order chi connectivity index (χ1) is 28.6. The fourth-order valence-corrected chi connectivity index (χ4v) is 6.91. The SMILES string of the molecule is CC(C)(C)Cn1c([S-])c([S-])n(CCC(F)(F)C(F)(F)C(F)(F)C(F)(F)F)c1=S.CC(F)(F)C(F)(F)C(F)(F)C(F)(F)CCn1c([S-])c([S-])n(CCC(F)(F)C(F)(F)C(F)(F)C(F)(F)F)c1=S.[Ni]. The van der Waals surface area contributed by atoms with Gasteiger partial charge in [0.25, 0.3) is 0 Å². The number of alkyl halides is 26. The molecule has 0 saturated heterocycles.